The summed E-state index contributed by atoms with van der Waals surface area (Å²) in [5, 5.41) is 2.60. The van der Waals surface area contributed by atoms with Crippen LogP contribution >= 0.6 is 0 Å². The van der Waals surface area contributed by atoms with Gasteiger partial charge in [0.15, 0.2) is 10.8 Å². The fourth-order valence-electron chi connectivity index (χ4n) is 3.20. The molecule has 3 rings (SSSR count). The molecule has 0 fully saturated rings. The molecule has 172 valence electrons. The molecule has 1 atom stereocenters. The summed E-state index contributed by atoms with van der Waals surface area (Å²) < 4.78 is 39.6. The third-order valence-corrected chi connectivity index (χ3v) is 6.33. The van der Waals surface area contributed by atoms with Crippen molar-refractivity contribution in [3.8, 4) is 0 Å². The summed E-state index contributed by atoms with van der Waals surface area (Å²) in [7, 11) is -3.69. The Morgan fingerprint density at radius 1 is 0.970 bits per heavy atom. The number of carbonyl (C=O) groups is 2. The molecule has 0 spiro atoms. The number of pyridine rings is 1. The second-order valence-corrected chi connectivity index (χ2v) is 9.09. The second kappa shape index (κ2) is 10.9. The van der Waals surface area contributed by atoms with Crippen molar-refractivity contribution >= 4 is 21.7 Å². The van der Waals surface area contributed by atoms with Crippen molar-refractivity contribution < 1.29 is 22.4 Å². The van der Waals surface area contributed by atoms with Crippen LogP contribution in [0.2, 0.25) is 0 Å². The minimum Gasteiger partial charge on any atom is -0.342 e. The lowest BCUT2D eigenvalue weighted by molar-refractivity contribution is -0.120. The maximum Gasteiger partial charge on any atom is 0.258 e. The van der Waals surface area contributed by atoms with Gasteiger partial charge in [-0.05, 0) is 47.9 Å². The molecule has 2 N–H and O–H groups in total. The minimum absolute atomic E-state index is 0.0459. The number of amides is 1. The Morgan fingerprint density at radius 3 is 2.27 bits per heavy atom. The zero-order valence-electron chi connectivity index (χ0n) is 18.0. The number of Topliss-reactive ketones (excluding diaryl/α,β-unsaturated/α-hetero) is 1. The molecule has 0 bridgehead atoms. The van der Waals surface area contributed by atoms with Crippen molar-refractivity contribution in [2.24, 2.45) is 0 Å². The number of halogens is 1. The first-order chi connectivity index (χ1) is 15.8. The van der Waals surface area contributed by atoms with E-state index >= 15 is 0 Å². The van der Waals surface area contributed by atoms with Crippen molar-refractivity contribution in [2.75, 3.05) is 6.54 Å². The standard InChI is InChI=1S/C24H24FN3O4S/c1-2-27-33(31,32)23-13-8-18(16-26-23)15-22(29)21(14-17-6-4-3-5-7-17)28-24(30)19-9-11-20(25)12-10-19/h3-13,16,21,27H,2,14-15H2,1H3,(H,28,30)/t21-/m0/s1. The van der Waals surface area contributed by atoms with Crippen LogP contribution in [0.3, 0.4) is 0 Å². The Morgan fingerprint density at radius 2 is 1.67 bits per heavy atom. The van der Waals surface area contributed by atoms with Gasteiger partial charge in [-0.1, -0.05) is 43.3 Å². The van der Waals surface area contributed by atoms with Crippen LogP contribution in [-0.4, -0.2) is 37.7 Å². The van der Waals surface area contributed by atoms with Crippen molar-refractivity contribution in [3.63, 3.8) is 0 Å². The summed E-state index contributed by atoms with van der Waals surface area (Å²) in [6.45, 7) is 1.90. The van der Waals surface area contributed by atoms with Gasteiger partial charge in [0.1, 0.15) is 5.82 Å². The topological polar surface area (TPSA) is 105 Å². The largest absolute Gasteiger partial charge is 0.342 e. The maximum atomic E-state index is 13.2. The van der Waals surface area contributed by atoms with Crippen LogP contribution in [-0.2, 0) is 27.7 Å². The van der Waals surface area contributed by atoms with E-state index in [0.717, 1.165) is 5.56 Å². The average molecular weight is 470 g/mol. The van der Waals surface area contributed by atoms with Gasteiger partial charge in [-0.3, -0.25) is 9.59 Å². The number of benzene rings is 2. The molecule has 2 aromatic carbocycles. The van der Waals surface area contributed by atoms with Gasteiger partial charge in [-0.2, -0.15) is 0 Å². The first-order valence-electron chi connectivity index (χ1n) is 10.4. The molecule has 1 heterocycles. The molecular weight excluding hydrogens is 445 g/mol. The second-order valence-electron chi connectivity index (χ2n) is 7.37. The Kier molecular flexibility index (Phi) is 8.02. The molecular formula is C24H24FN3O4S. The van der Waals surface area contributed by atoms with Gasteiger partial charge in [0.2, 0.25) is 0 Å². The fraction of sp³-hybridized carbons (Fsp3) is 0.208. The smallest absolute Gasteiger partial charge is 0.258 e. The highest BCUT2D eigenvalue weighted by Gasteiger charge is 2.23. The number of ketones is 1. The lowest BCUT2D eigenvalue weighted by atomic mass is 9.98. The van der Waals surface area contributed by atoms with E-state index < -0.39 is 27.8 Å². The Balaban J connectivity index is 1.77. The molecule has 0 saturated heterocycles. The van der Waals surface area contributed by atoms with Gasteiger partial charge in [-0.15, -0.1) is 0 Å². The number of hydrogen-bond acceptors (Lipinski definition) is 5. The minimum atomic E-state index is -3.69. The van der Waals surface area contributed by atoms with Gasteiger partial charge in [0.05, 0.1) is 6.04 Å². The van der Waals surface area contributed by atoms with E-state index in [2.05, 4.69) is 15.0 Å². The number of hydrogen-bond donors (Lipinski definition) is 2. The maximum absolute atomic E-state index is 13.2. The van der Waals surface area contributed by atoms with Gasteiger partial charge >= 0.3 is 0 Å². The van der Waals surface area contributed by atoms with Gasteiger partial charge < -0.3 is 5.32 Å². The number of nitrogens with zero attached hydrogens (tertiary/aromatic N) is 1. The third-order valence-electron chi connectivity index (χ3n) is 4.87. The molecule has 1 aromatic heterocycles. The van der Waals surface area contributed by atoms with Crippen molar-refractivity contribution in [1.82, 2.24) is 15.0 Å². The summed E-state index contributed by atoms with van der Waals surface area (Å²) in [5.41, 5.74) is 1.62. The lowest BCUT2D eigenvalue weighted by Crippen LogP contribution is -2.43. The summed E-state index contributed by atoms with van der Waals surface area (Å²) in [5.74, 6) is -1.22. The first-order valence-corrected chi connectivity index (χ1v) is 11.8. The average Bonchev–Trinajstić information content (AvgIpc) is 2.80. The van der Waals surface area contributed by atoms with Crippen LogP contribution in [0, 0.1) is 5.82 Å². The SMILES string of the molecule is CCNS(=O)(=O)c1ccc(CC(=O)[C@H](Cc2ccccc2)NC(=O)c2ccc(F)cc2)cn1. The van der Waals surface area contributed by atoms with Crippen LogP contribution in [0.5, 0.6) is 0 Å². The van der Waals surface area contributed by atoms with Crippen molar-refractivity contribution in [1.29, 1.82) is 0 Å². The van der Waals surface area contributed by atoms with E-state index in [1.807, 2.05) is 30.3 Å². The van der Waals surface area contributed by atoms with Crippen molar-refractivity contribution in [3.05, 3.63) is 95.4 Å². The van der Waals surface area contributed by atoms with Gasteiger partial charge in [0.25, 0.3) is 15.9 Å². The van der Waals surface area contributed by atoms with E-state index in [1.165, 1.54) is 42.6 Å². The van der Waals surface area contributed by atoms with Crippen molar-refractivity contribution in [2.45, 2.75) is 30.8 Å². The Hall–Kier alpha value is -3.43. The zero-order valence-corrected chi connectivity index (χ0v) is 18.8. The molecule has 0 aliphatic carbocycles. The molecule has 0 aliphatic heterocycles. The highest BCUT2D eigenvalue weighted by Crippen LogP contribution is 2.12. The van der Waals surface area contributed by atoms with E-state index in [0.29, 0.717) is 5.56 Å². The Labute approximate surface area is 192 Å². The monoisotopic (exact) mass is 469 g/mol. The Bertz CT molecular complexity index is 1200. The molecule has 0 radical (unpaired) electrons. The highest BCUT2D eigenvalue weighted by atomic mass is 32.2. The predicted molar refractivity (Wildman–Crippen MR) is 122 cm³/mol. The van der Waals surface area contributed by atoms with Crippen LogP contribution in [0.25, 0.3) is 0 Å². The number of sulfonamides is 1. The fourth-order valence-corrected chi connectivity index (χ4v) is 4.17. The molecule has 9 heteroatoms. The van der Waals surface area contributed by atoms with Crippen LogP contribution in [0.1, 0.15) is 28.4 Å². The van der Waals surface area contributed by atoms with Crippen LogP contribution in [0.4, 0.5) is 4.39 Å². The number of nitrogens with one attached hydrogen (secondary N) is 2. The van der Waals surface area contributed by atoms with E-state index in [4.69, 9.17) is 0 Å². The summed E-state index contributed by atoms with van der Waals surface area (Å²) in [4.78, 5) is 29.7. The van der Waals surface area contributed by atoms with Gasteiger partial charge in [0, 0.05) is 24.7 Å². The van der Waals surface area contributed by atoms with Crippen LogP contribution in [0.15, 0.2) is 78.0 Å². The quantitative estimate of drug-likeness (QED) is 0.475. The molecule has 1 amide bonds. The third kappa shape index (κ3) is 6.77. The molecule has 3 aromatic rings. The number of aromatic nitrogens is 1. The number of carbonyl (C=O) groups excluding carboxylic acids is 2. The molecule has 7 nitrogen and oxygen atoms in total. The number of rotatable bonds is 10. The molecule has 33 heavy (non-hydrogen) atoms. The normalized spacial score (nSPS) is 12.2. The van der Waals surface area contributed by atoms with Gasteiger partial charge in [-0.25, -0.2) is 22.5 Å². The predicted octanol–water partition coefficient (Wildman–Crippen LogP) is 2.67. The van der Waals surface area contributed by atoms with E-state index in [9.17, 15) is 22.4 Å². The van der Waals surface area contributed by atoms with E-state index in [1.54, 1.807) is 6.92 Å². The molecule has 0 aliphatic rings. The summed E-state index contributed by atoms with van der Waals surface area (Å²) in [6.07, 6.45) is 1.56. The molecule has 0 unspecified atom stereocenters. The van der Waals surface area contributed by atoms with Crippen LogP contribution < -0.4 is 10.0 Å². The first kappa shape index (κ1) is 24.2. The lowest BCUT2D eigenvalue weighted by Gasteiger charge is -2.18. The molecule has 0 saturated carbocycles. The summed E-state index contributed by atoms with van der Waals surface area (Å²) >= 11 is 0. The zero-order chi connectivity index (χ0) is 23.8. The highest BCUT2D eigenvalue weighted by molar-refractivity contribution is 7.89. The summed E-state index contributed by atoms with van der Waals surface area (Å²) in [6, 6.07) is 16.3. The van der Waals surface area contributed by atoms with E-state index in [-0.39, 0.29) is 35.8 Å².